The zero-order valence-electron chi connectivity index (χ0n) is 18.1. The van der Waals surface area contributed by atoms with E-state index in [0.717, 1.165) is 18.9 Å². The highest BCUT2D eigenvalue weighted by molar-refractivity contribution is 7.98. The molecule has 1 aliphatic heterocycles. The second kappa shape index (κ2) is 10.5. The van der Waals surface area contributed by atoms with Crippen LogP contribution in [-0.4, -0.2) is 53.4 Å². The zero-order valence-corrected chi connectivity index (χ0v) is 18.9. The molecule has 0 fully saturated rings. The molecule has 2 N–H and O–H groups in total. The van der Waals surface area contributed by atoms with Crippen LogP contribution in [0.3, 0.4) is 0 Å². The van der Waals surface area contributed by atoms with E-state index in [1.807, 2.05) is 0 Å². The molecule has 3 heterocycles. The summed E-state index contributed by atoms with van der Waals surface area (Å²) in [6.07, 6.45) is -1.73. The van der Waals surface area contributed by atoms with E-state index in [1.165, 1.54) is 30.1 Å². The van der Waals surface area contributed by atoms with Crippen LogP contribution in [0, 0.1) is 6.92 Å². The van der Waals surface area contributed by atoms with Crippen molar-refractivity contribution in [2.24, 2.45) is 0 Å². The molecule has 2 aromatic rings. The van der Waals surface area contributed by atoms with E-state index in [2.05, 4.69) is 21.9 Å². The summed E-state index contributed by atoms with van der Waals surface area (Å²) in [5.74, 6) is -4.36. The van der Waals surface area contributed by atoms with Crippen LogP contribution >= 0.6 is 11.8 Å². The first-order valence-corrected chi connectivity index (χ1v) is 10.8. The molecule has 1 amide bonds. The molecule has 0 saturated heterocycles. The van der Waals surface area contributed by atoms with Crippen molar-refractivity contribution in [2.75, 3.05) is 36.7 Å². The summed E-state index contributed by atoms with van der Waals surface area (Å²) in [5, 5.41) is 10.1. The number of halogens is 5. The number of alkyl halides is 5. The number of hydrogen-bond acceptors (Lipinski definition) is 6. The molecule has 0 atom stereocenters. The number of amides is 1. The topological polar surface area (TPSA) is 78.4 Å². The fraction of sp³-hybridized carbons (Fsp3) is 0.381. The van der Waals surface area contributed by atoms with Gasteiger partial charge in [0.05, 0.1) is 16.2 Å². The number of fused-ring (bicyclic) bond motifs is 1. The standard InChI is InChI=1S/C20H19F5N4OS.CH4O/c1-11-9-27-17-16(12(2)14(10-28-17)20(23,24)25)18(30)29(7-5-19(11,21)22)13-4-6-26-15(8-13)31-3;1-2/h4,6,8,10H,1,5,7,9H2,2-3H3,(H,27,28);2H,1H3. The molecule has 0 saturated carbocycles. The SMILES string of the molecule is C=C1CNc2ncc(C(F)(F)F)c(C)c2C(=O)N(c2ccnc(SC)c2)CCC1(F)F.CO. The number of aromatic nitrogens is 2. The third kappa shape index (κ3) is 5.80. The van der Waals surface area contributed by atoms with Gasteiger partial charge in [-0.05, 0) is 30.9 Å². The van der Waals surface area contributed by atoms with Crippen LogP contribution in [-0.2, 0) is 6.18 Å². The van der Waals surface area contributed by atoms with Gasteiger partial charge in [0.2, 0.25) is 0 Å². The summed E-state index contributed by atoms with van der Waals surface area (Å²) in [4.78, 5) is 22.3. The largest absolute Gasteiger partial charge is 0.418 e. The lowest BCUT2D eigenvalue weighted by atomic mass is 10.0. The minimum Gasteiger partial charge on any atom is -0.400 e. The van der Waals surface area contributed by atoms with Crippen LogP contribution in [0.25, 0.3) is 0 Å². The number of nitrogens with zero attached hydrogens (tertiary/aromatic N) is 3. The summed E-state index contributed by atoms with van der Waals surface area (Å²) in [5.41, 5.74) is -1.93. The predicted molar refractivity (Wildman–Crippen MR) is 117 cm³/mol. The Kier molecular flexibility index (Phi) is 8.41. The zero-order chi connectivity index (χ0) is 25.0. The number of hydrogen-bond donors (Lipinski definition) is 2. The lowest BCUT2D eigenvalue weighted by Crippen LogP contribution is -2.39. The fourth-order valence-electron chi connectivity index (χ4n) is 3.19. The summed E-state index contributed by atoms with van der Waals surface area (Å²) in [6, 6.07) is 2.96. The molecule has 0 unspecified atom stereocenters. The number of carbonyl (C=O) groups excluding carboxylic acids is 1. The number of aliphatic hydroxyl groups is 1. The Balaban J connectivity index is 0.00000187. The van der Waals surface area contributed by atoms with Crippen molar-refractivity contribution >= 4 is 29.2 Å². The maximum atomic E-state index is 14.5. The number of nitrogens with one attached hydrogen (secondary N) is 1. The Morgan fingerprint density at radius 3 is 2.55 bits per heavy atom. The number of aliphatic hydroxyl groups excluding tert-OH is 1. The molecule has 0 radical (unpaired) electrons. The number of pyridine rings is 2. The molecule has 12 heteroatoms. The van der Waals surface area contributed by atoms with Gasteiger partial charge in [0.25, 0.3) is 11.8 Å². The second-order valence-electron chi connectivity index (χ2n) is 6.94. The van der Waals surface area contributed by atoms with Crippen LogP contribution in [0.4, 0.5) is 33.5 Å². The Labute approximate surface area is 191 Å². The Morgan fingerprint density at radius 2 is 1.94 bits per heavy atom. The van der Waals surface area contributed by atoms with E-state index >= 15 is 0 Å². The average Bonchev–Trinajstić information content (AvgIpc) is 2.77. The van der Waals surface area contributed by atoms with Gasteiger partial charge in [-0.25, -0.2) is 18.7 Å². The third-order valence-corrected chi connectivity index (χ3v) is 5.62. The lowest BCUT2D eigenvalue weighted by molar-refractivity contribution is -0.138. The van der Waals surface area contributed by atoms with E-state index in [4.69, 9.17) is 5.11 Å². The Bertz CT molecular complexity index is 1030. The molecule has 6 nitrogen and oxygen atoms in total. The van der Waals surface area contributed by atoms with Crippen molar-refractivity contribution in [3.63, 3.8) is 0 Å². The van der Waals surface area contributed by atoms with Gasteiger partial charge < -0.3 is 15.3 Å². The number of carbonyl (C=O) groups is 1. The average molecular weight is 490 g/mol. The highest BCUT2D eigenvalue weighted by atomic mass is 32.2. The summed E-state index contributed by atoms with van der Waals surface area (Å²) in [7, 11) is 1.00. The monoisotopic (exact) mass is 490 g/mol. The van der Waals surface area contributed by atoms with Crippen LogP contribution in [0.5, 0.6) is 0 Å². The number of rotatable bonds is 2. The molecule has 33 heavy (non-hydrogen) atoms. The molecule has 180 valence electrons. The maximum absolute atomic E-state index is 14.5. The summed E-state index contributed by atoms with van der Waals surface area (Å²) < 4.78 is 69.4. The van der Waals surface area contributed by atoms with Gasteiger partial charge in [-0.2, -0.15) is 13.2 Å². The van der Waals surface area contributed by atoms with Gasteiger partial charge in [-0.15, -0.1) is 11.8 Å². The first-order valence-electron chi connectivity index (χ1n) is 9.59. The van der Waals surface area contributed by atoms with Crippen molar-refractivity contribution < 1.29 is 31.9 Å². The van der Waals surface area contributed by atoms with Crippen molar-refractivity contribution in [3.8, 4) is 0 Å². The molecular formula is C21H23F5N4O2S. The van der Waals surface area contributed by atoms with E-state index in [0.29, 0.717) is 11.2 Å². The third-order valence-electron chi connectivity index (χ3n) is 4.98. The van der Waals surface area contributed by atoms with Crippen LogP contribution < -0.4 is 10.2 Å². The first kappa shape index (κ1) is 26.5. The maximum Gasteiger partial charge on any atom is 0.418 e. The molecule has 0 aromatic carbocycles. The van der Waals surface area contributed by atoms with Gasteiger partial charge in [0, 0.05) is 50.3 Å². The molecule has 0 spiro atoms. The smallest absolute Gasteiger partial charge is 0.400 e. The van der Waals surface area contributed by atoms with Crippen LogP contribution in [0.15, 0.2) is 41.7 Å². The highest BCUT2D eigenvalue weighted by Gasteiger charge is 2.39. The predicted octanol–water partition coefficient (Wildman–Crippen LogP) is 4.79. The molecule has 0 bridgehead atoms. The summed E-state index contributed by atoms with van der Waals surface area (Å²) >= 11 is 1.27. The summed E-state index contributed by atoms with van der Waals surface area (Å²) in [6.45, 7) is 3.70. The number of thioether (sulfide) groups is 1. The highest BCUT2D eigenvalue weighted by Crippen LogP contribution is 2.37. The van der Waals surface area contributed by atoms with Gasteiger partial charge >= 0.3 is 6.18 Å². The van der Waals surface area contributed by atoms with Crippen molar-refractivity contribution in [1.82, 2.24) is 9.97 Å². The van der Waals surface area contributed by atoms with E-state index in [1.54, 1.807) is 6.26 Å². The second-order valence-corrected chi connectivity index (χ2v) is 7.77. The van der Waals surface area contributed by atoms with Gasteiger partial charge in [-0.3, -0.25) is 4.79 Å². The van der Waals surface area contributed by atoms with Crippen molar-refractivity contribution in [1.29, 1.82) is 0 Å². The quantitative estimate of drug-likeness (QED) is 0.358. The first-order chi connectivity index (χ1) is 15.5. The van der Waals surface area contributed by atoms with E-state index < -0.39 is 48.7 Å². The minimum absolute atomic E-state index is 0.210. The molecule has 2 aromatic heterocycles. The van der Waals surface area contributed by atoms with Crippen molar-refractivity contribution in [2.45, 2.75) is 30.5 Å². The van der Waals surface area contributed by atoms with E-state index in [9.17, 15) is 26.7 Å². The molecule has 3 rings (SSSR count). The van der Waals surface area contributed by atoms with Gasteiger partial charge in [0.1, 0.15) is 5.82 Å². The van der Waals surface area contributed by atoms with Crippen molar-refractivity contribution in [3.05, 3.63) is 53.4 Å². The fourth-order valence-corrected chi connectivity index (χ4v) is 3.60. The molecular weight excluding hydrogens is 467 g/mol. The molecule has 0 aliphatic carbocycles. The van der Waals surface area contributed by atoms with E-state index in [-0.39, 0.29) is 22.6 Å². The Hall–Kier alpha value is -2.73. The van der Waals surface area contributed by atoms with Gasteiger partial charge in [-0.1, -0.05) is 6.58 Å². The van der Waals surface area contributed by atoms with Crippen LogP contribution in [0.1, 0.15) is 27.9 Å². The molecule has 1 aliphatic rings. The van der Waals surface area contributed by atoms with Crippen LogP contribution in [0.2, 0.25) is 0 Å². The van der Waals surface area contributed by atoms with Gasteiger partial charge in [0.15, 0.2) is 0 Å². The lowest BCUT2D eigenvalue weighted by Gasteiger charge is -2.30. The number of anilines is 2. The Morgan fingerprint density at radius 1 is 1.27 bits per heavy atom. The minimum atomic E-state index is -4.73. The normalized spacial score (nSPS) is 16.3.